The first-order valence-electron chi connectivity index (χ1n) is 5.92. The maximum Gasteiger partial charge on any atom is 0.330 e. The summed E-state index contributed by atoms with van der Waals surface area (Å²) >= 11 is 6.63. The van der Waals surface area contributed by atoms with E-state index < -0.39 is 5.97 Å². The van der Waals surface area contributed by atoms with Crippen molar-refractivity contribution in [2.24, 2.45) is 14.1 Å². The summed E-state index contributed by atoms with van der Waals surface area (Å²) < 4.78 is 3.23. The number of rotatable bonds is 5. The maximum atomic E-state index is 11.9. The van der Waals surface area contributed by atoms with E-state index in [4.69, 9.17) is 17.3 Å². The van der Waals surface area contributed by atoms with E-state index in [-0.39, 0.29) is 12.1 Å². The summed E-state index contributed by atoms with van der Waals surface area (Å²) in [6.45, 7) is 0. The third-order valence-corrected chi connectivity index (χ3v) is 4.28. The predicted molar refractivity (Wildman–Crippen MR) is 78.7 cm³/mol. The maximum absolute atomic E-state index is 11.9. The molecule has 0 aliphatic heterocycles. The molecule has 0 saturated carbocycles. The molecule has 108 valence electrons. The van der Waals surface area contributed by atoms with E-state index >= 15 is 0 Å². The molecule has 0 fully saturated rings. The Morgan fingerprint density at radius 1 is 1.45 bits per heavy atom. The third-order valence-electron chi connectivity index (χ3n) is 2.85. The van der Waals surface area contributed by atoms with Gasteiger partial charge in [-0.15, -0.1) is 0 Å². The van der Waals surface area contributed by atoms with E-state index in [0.29, 0.717) is 33.1 Å². The van der Waals surface area contributed by atoms with Crippen LogP contribution in [0.5, 0.6) is 0 Å². The van der Waals surface area contributed by atoms with Gasteiger partial charge >= 0.3 is 11.7 Å². The molecule has 0 unspecified atom stereocenters. The number of aryl methyl sites for hydroxylation is 1. The van der Waals surface area contributed by atoms with Gasteiger partial charge in [-0.1, -0.05) is 24.0 Å². The second-order valence-corrected chi connectivity index (χ2v) is 5.76. The highest BCUT2D eigenvalue weighted by atomic mass is 32.2. The van der Waals surface area contributed by atoms with Crippen molar-refractivity contribution in [3.8, 4) is 0 Å². The van der Waals surface area contributed by atoms with Gasteiger partial charge < -0.3 is 10.1 Å². The van der Waals surface area contributed by atoms with Crippen LogP contribution in [-0.4, -0.2) is 35.9 Å². The highest BCUT2D eigenvalue weighted by Crippen LogP contribution is 2.20. The van der Waals surface area contributed by atoms with Crippen molar-refractivity contribution in [1.29, 1.82) is 0 Å². The Morgan fingerprint density at radius 2 is 2.15 bits per heavy atom. The van der Waals surface area contributed by atoms with Gasteiger partial charge in [0.05, 0.1) is 0 Å². The molecule has 0 aromatic carbocycles. The Morgan fingerprint density at radius 3 is 2.80 bits per heavy atom. The van der Waals surface area contributed by atoms with Crippen LogP contribution in [0, 0.1) is 4.64 Å². The van der Waals surface area contributed by atoms with Gasteiger partial charge in [0.2, 0.25) is 0 Å². The smallest absolute Gasteiger partial charge is 0.330 e. The zero-order valence-corrected chi connectivity index (χ0v) is 12.7. The van der Waals surface area contributed by atoms with Gasteiger partial charge in [0.1, 0.15) is 10.2 Å². The van der Waals surface area contributed by atoms with E-state index in [9.17, 15) is 9.59 Å². The first-order chi connectivity index (χ1) is 9.41. The lowest BCUT2D eigenvalue weighted by atomic mass is 10.3. The molecule has 0 spiro atoms. The molecular formula is C11H14N4O3S2. The molecule has 20 heavy (non-hydrogen) atoms. The van der Waals surface area contributed by atoms with Crippen molar-refractivity contribution in [3.05, 3.63) is 15.1 Å². The number of hydrogen-bond acceptors (Lipinski definition) is 5. The van der Waals surface area contributed by atoms with Crippen LogP contribution in [-0.2, 0) is 18.9 Å². The number of aromatic amines is 1. The Hall–Kier alpha value is -1.61. The van der Waals surface area contributed by atoms with E-state index in [1.165, 1.54) is 20.9 Å². The van der Waals surface area contributed by atoms with Gasteiger partial charge in [-0.05, 0) is 6.42 Å². The molecule has 2 N–H and O–H groups in total. The first-order valence-corrected chi connectivity index (χ1v) is 7.31. The number of H-pyrrole nitrogens is 1. The molecule has 0 atom stereocenters. The topological polar surface area (TPSA) is 92.9 Å². The minimum atomic E-state index is -0.808. The van der Waals surface area contributed by atoms with Crippen molar-refractivity contribution in [2.75, 3.05) is 5.75 Å². The summed E-state index contributed by atoms with van der Waals surface area (Å²) in [6, 6.07) is 0. The molecule has 9 heteroatoms. The molecule has 0 saturated heterocycles. The number of nitrogens with zero attached hydrogens (tertiary/aromatic N) is 3. The Bertz CT molecular complexity index is 774. The number of thioether (sulfide) groups is 1. The zero-order chi connectivity index (χ0) is 14.9. The summed E-state index contributed by atoms with van der Waals surface area (Å²) in [4.78, 5) is 29.7. The lowest BCUT2D eigenvalue weighted by molar-refractivity contribution is -0.137. The van der Waals surface area contributed by atoms with Gasteiger partial charge in [0.15, 0.2) is 10.8 Å². The van der Waals surface area contributed by atoms with E-state index in [2.05, 4.69) is 9.97 Å². The summed E-state index contributed by atoms with van der Waals surface area (Å²) in [5.41, 5.74) is 0.931. The summed E-state index contributed by atoms with van der Waals surface area (Å²) in [5.74, 6) is -0.170. The van der Waals surface area contributed by atoms with Crippen LogP contribution in [0.25, 0.3) is 11.2 Å². The van der Waals surface area contributed by atoms with Crippen LogP contribution >= 0.6 is 24.0 Å². The van der Waals surface area contributed by atoms with Crippen molar-refractivity contribution >= 4 is 41.1 Å². The normalized spacial score (nSPS) is 11.1. The van der Waals surface area contributed by atoms with Gasteiger partial charge in [-0.3, -0.25) is 13.9 Å². The predicted octanol–water partition coefficient (Wildman–Crippen LogP) is 1.29. The number of nitrogens with one attached hydrogen (secondary N) is 1. The van der Waals surface area contributed by atoms with Crippen molar-refractivity contribution in [2.45, 2.75) is 18.0 Å². The largest absolute Gasteiger partial charge is 0.481 e. The average Bonchev–Trinajstić information content (AvgIpc) is 2.83. The lowest BCUT2D eigenvalue weighted by Crippen LogP contribution is -2.27. The molecule has 0 amide bonds. The SMILES string of the molecule is Cn1c(=S)c2[nH]c(SCCCC(=O)O)nc2n(C)c1=O. The molecule has 0 aliphatic carbocycles. The minimum absolute atomic E-state index is 0.132. The van der Waals surface area contributed by atoms with E-state index in [0.717, 1.165) is 0 Å². The van der Waals surface area contributed by atoms with Crippen LogP contribution in [0.4, 0.5) is 0 Å². The van der Waals surface area contributed by atoms with Crippen LogP contribution in [0.15, 0.2) is 9.95 Å². The van der Waals surface area contributed by atoms with Crippen molar-refractivity contribution in [1.82, 2.24) is 19.1 Å². The van der Waals surface area contributed by atoms with Crippen molar-refractivity contribution < 1.29 is 9.90 Å². The fourth-order valence-corrected chi connectivity index (χ4v) is 2.79. The molecule has 2 rings (SSSR count). The summed E-state index contributed by atoms with van der Waals surface area (Å²) in [6.07, 6.45) is 0.692. The van der Waals surface area contributed by atoms with Gasteiger partial charge in [-0.2, -0.15) is 0 Å². The Labute approximate surface area is 123 Å². The molecule has 2 aromatic rings. The van der Waals surface area contributed by atoms with Crippen LogP contribution in [0.3, 0.4) is 0 Å². The molecule has 2 heterocycles. The molecule has 2 aromatic heterocycles. The molecular weight excluding hydrogens is 300 g/mol. The van der Waals surface area contributed by atoms with Gasteiger partial charge in [0, 0.05) is 26.3 Å². The second-order valence-electron chi connectivity index (χ2n) is 4.29. The molecule has 7 nitrogen and oxygen atoms in total. The fraction of sp³-hybridized carbons (Fsp3) is 0.455. The van der Waals surface area contributed by atoms with Gasteiger partial charge in [0.25, 0.3) is 0 Å². The number of carboxylic acid groups (broad SMARTS) is 1. The number of aliphatic carboxylic acids is 1. The van der Waals surface area contributed by atoms with Crippen LogP contribution < -0.4 is 5.69 Å². The lowest BCUT2D eigenvalue weighted by Gasteiger charge is -2.02. The van der Waals surface area contributed by atoms with Crippen molar-refractivity contribution in [3.63, 3.8) is 0 Å². The number of hydrogen-bond donors (Lipinski definition) is 2. The zero-order valence-electron chi connectivity index (χ0n) is 11.0. The number of aromatic nitrogens is 4. The Kier molecular flexibility index (Phi) is 4.29. The third kappa shape index (κ3) is 2.78. The number of carbonyl (C=O) groups is 1. The highest BCUT2D eigenvalue weighted by molar-refractivity contribution is 7.99. The Balaban J connectivity index is 2.28. The van der Waals surface area contributed by atoms with Crippen LogP contribution in [0.1, 0.15) is 12.8 Å². The first kappa shape index (κ1) is 14.8. The average molecular weight is 314 g/mol. The van der Waals surface area contributed by atoms with Crippen LogP contribution in [0.2, 0.25) is 0 Å². The number of imidazole rings is 1. The molecule has 0 aliphatic rings. The second kappa shape index (κ2) is 5.80. The minimum Gasteiger partial charge on any atom is -0.481 e. The summed E-state index contributed by atoms with van der Waals surface area (Å²) in [7, 11) is 3.25. The number of carboxylic acids is 1. The monoisotopic (exact) mass is 314 g/mol. The fourth-order valence-electron chi connectivity index (χ4n) is 1.77. The quantitative estimate of drug-likeness (QED) is 0.491. The van der Waals surface area contributed by atoms with Gasteiger partial charge in [-0.25, -0.2) is 9.78 Å². The summed E-state index contributed by atoms with van der Waals surface area (Å²) in [5, 5.41) is 9.21. The van der Waals surface area contributed by atoms with E-state index in [1.807, 2.05) is 0 Å². The number of fused-ring (bicyclic) bond motifs is 1. The highest BCUT2D eigenvalue weighted by Gasteiger charge is 2.11. The molecule has 0 bridgehead atoms. The van der Waals surface area contributed by atoms with E-state index in [1.54, 1.807) is 14.1 Å². The molecule has 0 radical (unpaired) electrons. The standard InChI is InChI=1S/C11H14N4O3S2/c1-14-8-7(9(19)15(2)11(14)18)12-10(13-8)20-5-3-4-6(16)17/h3-5H2,1-2H3,(H,12,13)(H,16,17).